The summed E-state index contributed by atoms with van der Waals surface area (Å²) in [4.78, 5) is 6.72. The Morgan fingerprint density at radius 3 is 2.59 bits per heavy atom. The summed E-state index contributed by atoms with van der Waals surface area (Å²) in [6.45, 7) is 7.74. The van der Waals surface area contributed by atoms with Crippen molar-refractivity contribution in [3.05, 3.63) is 47.3 Å². The number of sulfone groups is 1. The van der Waals surface area contributed by atoms with Gasteiger partial charge in [0, 0.05) is 18.6 Å². The third kappa shape index (κ3) is 6.39. The van der Waals surface area contributed by atoms with Crippen LogP contribution in [0.15, 0.2) is 35.6 Å². The van der Waals surface area contributed by atoms with Crippen LogP contribution in [0.2, 0.25) is 0 Å². The first-order chi connectivity index (χ1) is 16.2. The molecule has 0 atom stereocenters. The first kappa shape index (κ1) is 25.2. The molecule has 0 bridgehead atoms. The summed E-state index contributed by atoms with van der Waals surface area (Å²) in [5.74, 6) is 0.407. The van der Waals surface area contributed by atoms with Gasteiger partial charge in [-0.15, -0.1) is 0 Å². The van der Waals surface area contributed by atoms with Gasteiger partial charge >= 0.3 is 0 Å². The molecule has 8 heteroatoms. The van der Waals surface area contributed by atoms with Crippen molar-refractivity contribution < 1.29 is 8.42 Å². The summed E-state index contributed by atoms with van der Waals surface area (Å²) >= 11 is 5.76. The Labute approximate surface area is 210 Å². The van der Waals surface area contributed by atoms with E-state index in [0.717, 1.165) is 67.0 Å². The Bertz CT molecular complexity index is 1100. The number of aryl methyl sites for hydroxylation is 1. The van der Waals surface area contributed by atoms with E-state index >= 15 is 0 Å². The molecule has 2 aliphatic carbocycles. The van der Waals surface area contributed by atoms with Crippen LogP contribution in [0.5, 0.6) is 0 Å². The van der Waals surface area contributed by atoms with Crippen molar-refractivity contribution in [2.75, 3.05) is 6.54 Å². The number of benzene rings is 1. The number of nitrogens with one attached hydrogen (secondary N) is 1. The van der Waals surface area contributed by atoms with E-state index < -0.39 is 9.84 Å². The minimum atomic E-state index is -3.59. The number of aromatic nitrogens is 2. The number of imidazole rings is 1. The SMILES string of the molecule is Cc1cccc(CS(=O)(=O)c2ncc(CN(CC(C)C)C(=S)NC3CC3)n2C2CCCCC2)c1. The van der Waals surface area contributed by atoms with E-state index in [9.17, 15) is 8.42 Å². The predicted octanol–water partition coefficient (Wildman–Crippen LogP) is 5.17. The van der Waals surface area contributed by atoms with Gasteiger partial charge in [0.05, 0.1) is 24.2 Å². The molecule has 0 aliphatic heterocycles. The molecule has 2 saturated carbocycles. The summed E-state index contributed by atoms with van der Waals surface area (Å²) in [6.07, 6.45) is 9.53. The molecule has 4 rings (SSSR count). The topological polar surface area (TPSA) is 67.2 Å². The highest BCUT2D eigenvalue weighted by atomic mass is 32.2. The molecule has 6 nitrogen and oxygen atoms in total. The average Bonchev–Trinajstić information content (AvgIpc) is 3.49. The van der Waals surface area contributed by atoms with Crippen LogP contribution in [-0.4, -0.2) is 40.6 Å². The van der Waals surface area contributed by atoms with Crippen LogP contribution in [0.3, 0.4) is 0 Å². The molecule has 0 radical (unpaired) electrons. The fourth-order valence-corrected chi connectivity index (χ4v) is 6.72. The van der Waals surface area contributed by atoms with E-state index in [-0.39, 0.29) is 17.0 Å². The van der Waals surface area contributed by atoms with Crippen molar-refractivity contribution >= 4 is 27.2 Å². The number of thiocarbonyl (C=S) groups is 1. The van der Waals surface area contributed by atoms with Crippen molar-refractivity contribution in [1.82, 2.24) is 19.8 Å². The van der Waals surface area contributed by atoms with Gasteiger partial charge in [0.25, 0.3) is 0 Å². The van der Waals surface area contributed by atoms with Crippen LogP contribution in [-0.2, 0) is 22.1 Å². The Kier molecular flexibility index (Phi) is 7.97. The van der Waals surface area contributed by atoms with E-state index in [4.69, 9.17) is 12.2 Å². The van der Waals surface area contributed by atoms with E-state index in [2.05, 4.69) is 29.0 Å². The fraction of sp³-hybridized carbons (Fsp3) is 0.615. The van der Waals surface area contributed by atoms with Gasteiger partial charge in [0.2, 0.25) is 15.0 Å². The maximum Gasteiger partial charge on any atom is 0.228 e. The van der Waals surface area contributed by atoms with Crippen molar-refractivity contribution in [2.45, 2.75) is 95.3 Å². The number of rotatable bonds is 9. The van der Waals surface area contributed by atoms with E-state index in [0.29, 0.717) is 18.5 Å². The van der Waals surface area contributed by atoms with Crippen molar-refractivity contribution in [3.63, 3.8) is 0 Å². The Morgan fingerprint density at radius 1 is 1.21 bits per heavy atom. The second kappa shape index (κ2) is 10.8. The second-order valence-corrected chi connectivity index (χ2v) is 12.7. The lowest BCUT2D eigenvalue weighted by atomic mass is 9.95. The highest BCUT2D eigenvalue weighted by Gasteiger charge is 2.30. The zero-order valence-electron chi connectivity index (χ0n) is 20.7. The Morgan fingerprint density at radius 2 is 1.94 bits per heavy atom. The Hall–Kier alpha value is -1.93. The minimum Gasteiger partial charge on any atom is -0.360 e. The van der Waals surface area contributed by atoms with Crippen LogP contribution in [0.4, 0.5) is 0 Å². The first-order valence-electron chi connectivity index (χ1n) is 12.6. The average molecular weight is 503 g/mol. The van der Waals surface area contributed by atoms with Gasteiger partial charge in [-0.05, 0) is 56.3 Å². The molecular formula is C26H38N4O2S2. The van der Waals surface area contributed by atoms with Crippen LogP contribution in [0, 0.1) is 12.8 Å². The fourth-order valence-electron chi connectivity index (χ4n) is 4.89. The van der Waals surface area contributed by atoms with Gasteiger partial charge in [0.15, 0.2) is 5.11 Å². The summed E-state index contributed by atoms with van der Waals surface area (Å²) in [7, 11) is -3.59. The quantitative estimate of drug-likeness (QED) is 0.478. The van der Waals surface area contributed by atoms with Crippen molar-refractivity contribution in [3.8, 4) is 0 Å². The lowest BCUT2D eigenvalue weighted by Crippen LogP contribution is -2.42. The van der Waals surface area contributed by atoms with Gasteiger partial charge < -0.3 is 14.8 Å². The normalized spacial score (nSPS) is 17.2. The molecule has 34 heavy (non-hydrogen) atoms. The summed E-state index contributed by atoms with van der Waals surface area (Å²) in [5, 5.41) is 4.43. The highest BCUT2D eigenvalue weighted by molar-refractivity contribution is 7.90. The van der Waals surface area contributed by atoms with Gasteiger partial charge in [-0.1, -0.05) is 62.9 Å². The second-order valence-electron chi connectivity index (χ2n) is 10.4. The smallest absolute Gasteiger partial charge is 0.228 e. The monoisotopic (exact) mass is 502 g/mol. The molecule has 1 aromatic carbocycles. The molecule has 2 fully saturated rings. The van der Waals surface area contributed by atoms with Gasteiger partial charge in [-0.3, -0.25) is 0 Å². The molecular weight excluding hydrogens is 464 g/mol. The van der Waals surface area contributed by atoms with Crippen LogP contribution in [0.1, 0.15) is 81.7 Å². The van der Waals surface area contributed by atoms with Crippen LogP contribution in [0.25, 0.3) is 0 Å². The summed E-state index contributed by atoms with van der Waals surface area (Å²) in [5.41, 5.74) is 2.80. The molecule has 186 valence electrons. The molecule has 2 aromatic rings. The van der Waals surface area contributed by atoms with Gasteiger partial charge in [-0.25, -0.2) is 13.4 Å². The molecule has 0 unspecified atom stereocenters. The predicted molar refractivity (Wildman–Crippen MR) is 140 cm³/mol. The van der Waals surface area contributed by atoms with Crippen molar-refractivity contribution in [2.24, 2.45) is 5.92 Å². The standard InChI is InChI=1S/C26H38N4O2S2/c1-19(2)16-29(25(33)28-22-12-13-22)17-24-15-27-26(30(24)23-10-5-4-6-11-23)34(31,32)18-21-9-7-8-20(3)14-21/h7-9,14-15,19,22-23H,4-6,10-13,16-18H2,1-3H3,(H,28,33). The summed E-state index contributed by atoms with van der Waals surface area (Å²) < 4.78 is 29.3. The summed E-state index contributed by atoms with van der Waals surface area (Å²) in [6, 6.07) is 8.37. The lowest BCUT2D eigenvalue weighted by molar-refractivity contribution is 0.302. The van der Waals surface area contributed by atoms with E-state index in [1.165, 1.54) is 6.42 Å². The van der Waals surface area contributed by atoms with Gasteiger partial charge in [0.1, 0.15) is 0 Å². The van der Waals surface area contributed by atoms with Crippen molar-refractivity contribution in [1.29, 1.82) is 0 Å². The van der Waals surface area contributed by atoms with Crippen LogP contribution >= 0.6 is 12.2 Å². The minimum absolute atomic E-state index is 0.0325. The van der Waals surface area contributed by atoms with Gasteiger partial charge in [-0.2, -0.15) is 0 Å². The highest BCUT2D eigenvalue weighted by Crippen LogP contribution is 2.33. The zero-order valence-corrected chi connectivity index (χ0v) is 22.3. The number of hydrogen-bond acceptors (Lipinski definition) is 4. The Balaban J connectivity index is 1.66. The van der Waals surface area contributed by atoms with Crippen LogP contribution < -0.4 is 5.32 Å². The first-order valence-corrected chi connectivity index (χ1v) is 14.7. The maximum absolute atomic E-state index is 13.6. The molecule has 1 aromatic heterocycles. The zero-order chi connectivity index (χ0) is 24.3. The molecule has 2 aliphatic rings. The third-order valence-corrected chi connectivity index (χ3v) is 8.58. The lowest BCUT2D eigenvalue weighted by Gasteiger charge is -2.31. The van der Waals surface area contributed by atoms with E-state index in [1.807, 2.05) is 35.8 Å². The molecule has 1 heterocycles. The molecule has 0 amide bonds. The molecule has 0 spiro atoms. The molecule has 0 saturated heterocycles. The maximum atomic E-state index is 13.6. The van der Waals surface area contributed by atoms with E-state index in [1.54, 1.807) is 6.20 Å². The molecule has 1 N–H and O–H groups in total. The largest absolute Gasteiger partial charge is 0.360 e. The third-order valence-electron chi connectivity index (χ3n) is 6.63. The number of nitrogens with zero attached hydrogens (tertiary/aromatic N) is 3. The number of hydrogen-bond donors (Lipinski definition) is 1.